The molecular formula is C17H16N2O5S. The fourth-order valence-electron chi connectivity index (χ4n) is 3.11. The van der Waals surface area contributed by atoms with Crippen molar-refractivity contribution in [2.24, 2.45) is 0 Å². The molecule has 4 rings (SSSR count). The third kappa shape index (κ3) is 2.93. The number of carbonyl (C=O) groups excluding carboxylic acids is 1. The number of piperidine rings is 1. The summed E-state index contributed by atoms with van der Waals surface area (Å²) in [5, 5.41) is 11.7. The molecule has 0 aliphatic carbocycles. The van der Waals surface area contributed by atoms with E-state index in [9.17, 15) is 14.7 Å². The minimum Gasteiger partial charge on any atom is -0.480 e. The first-order valence-corrected chi connectivity index (χ1v) is 8.91. The van der Waals surface area contributed by atoms with Crippen LogP contribution >= 0.6 is 11.3 Å². The van der Waals surface area contributed by atoms with Crippen LogP contribution in [-0.2, 0) is 4.79 Å². The average Bonchev–Trinajstić information content (AvgIpc) is 3.29. The molecular weight excluding hydrogens is 344 g/mol. The summed E-state index contributed by atoms with van der Waals surface area (Å²) in [6.07, 6.45) is 2.12. The van der Waals surface area contributed by atoms with Crippen molar-refractivity contribution in [3.63, 3.8) is 0 Å². The molecule has 3 heterocycles. The lowest BCUT2D eigenvalue weighted by Gasteiger charge is -2.32. The van der Waals surface area contributed by atoms with Crippen molar-refractivity contribution in [1.29, 1.82) is 0 Å². The van der Waals surface area contributed by atoms with E-state index < -0.39 is 12.0 Å². The Morgan fingerprint density at radius 2 is 2.08 bits per heavy atom. The zero-order chi connectivity index (χ0) is 17.4. The predicted octanol–water partition coefficient (Wildman–Crippen LogP) is 2.62. The normalized spacial score (nSPS) is 19.0. The number of amides is 1. The topological polar surface area (TPSA) is 89.0 Å². The Bertz CT molecular complexity index is 834. The van der Waals surface area contributed by atoms with Crippen molar-refractivity contribution in [3.05, 3.63) is 29.3 Å². The molecule has 7 nitrogen and oxygen atoms in total. The molecule has 0 unspecified atom stereocenters. The second-order valence-corrected chi connectivity index (χ2v) is 6.81. The molecule has 0 radical (unpaired) electrons. The van der Waals surface area contributed by atoms with Gasteiger partial charge in [0.1, 0.15) is 16.7 Å². The number of thiazole rings is 1. The molecule has 130 valence electrons. The van der Waals surface area contributed by atoms with Crippen LogP contribution in [0.4, 0.5) is 0 Å². The Morgan fingerprint density at radius 3 is 2.92 bits per heavy atom. The van der Waals surface area contributed by atoms with Gasteiger partial charge in [0.15, 0.2) is 11.5 Å². The van der Waals surface area contributed by atoms with Gasteiger partial charge in [-0.1, -0.05) is 0 Å². The number of benzene rings is 1. The molecule has 0 spiro atoms. The van der Waals surface area contributed by atoms with Crippen molar-refractivity contribution in [1.82, 2.24) is 9.88 Å². The minimum atomic E-state index is -0.959. The lowest BCUT2D eigenvalue weighted by molar-refractivity contribution is -0.143. The van der Waals surface area contributed by atoms with Gasteiger partial charge in [0, 0.05) is 17.5 Å². The summed E-state index contributed by atoms with van der Waals surface area (Å²) in [4.78, 5) is 29.9. The van der Waals surface area contributed by atoms with Gasteiger partial charge in [-0.2, -0.15) is 0 Å². The maximum atomic E-state index is 12.7. The van der Waals surface area contributed by atoms with Crippen LogP contribution < -0.4 is 9.47 Å². The summed E-state index contributed by atoms with van der Waals surface area (Å²) >= 11 is 1.35. The fraction of sp³-hybridized carbons (Fsp3) is 0.353. The third-order valence-corrected chi connectivity index (χ3v) is 5.28. The van der Waals surface area contributed by atoms with E-state index in [-0.39, 0.29) is 18.4 Å². The third-order valence-electron chi connectivity index (χ3n) is 4.39. The molecule has 1 fully saturated rings. The van der Waals surface area contributed by atoms with Crippen molar-refractivity contribution in [2.45, 2.75) is 25.3 Å². The molecule has 8 heteroatoms. The molecule has 2 aliphatic rings. The van der Waals surface area contributed by atoms with Crippen LogP contribution in [0.2, 0.25) is 0 Å². The molecule has 2 aliphatic heterocycles. The summed E-state index contributed by atoms with van der Waals surface area (Å²) in [7, 11) is 0. The first kappa shape index (κ1) is 15.9. The largest absolute Gasteiger partial charge is 0.480 e. The molecule has 25 heavy (non-hydrogen) atoms. The molecule has 1 atom stereocenters. The highest BCUT2D eigenvalue weighted by atomic mass is 32.1. The summed E-state index contributed by atoms with van der Waals surface area (Å²) in [6.45, 7) is 0.651. The molecule has 1 aromatic heterocycles. The number of fused-ring (bicyclic) bond motifs is 1. The van der Waals surface area contributed by atoms with Gasteiger partial charge in [-0.05, 0) is 37.5 Å². The standard InChI is InChI=1S/C17H16N2O5S/c20-16(19-6-2-1-3-12(19)17(21)22)11-8-25-15(18-11)10-4-5-13-14(7-10)24-9-23-13/h4-5,7-8,12H,1-3,6,9H2,(H,21,22)/t12-/m1/s1. The Labute approximate surface area is 147 Å². The van der Waals surface area contributed by atoms with Gasteiger partial charge in [-0.15, -0.1) is 11.3 Å². The van der Waals surface area contributed by atoms with Gasteiger partial charge in [-0.3, -0.25) is 4.79 Å². The number of aromatic nitrogens is 1. The van der Waals surface area contributed by atoms with Gasteiger partial charge in [0.25, 0.3) is 5.91 Å². The molecule has 1 aromatic carbocycles. The summed E-state index contributed by atoms with van der Waals surface area (Å²) in [6, 6.07) is 4.74. The molecule has 1 saturated heterocycles. The number of carboxylic acids is 1. The van der Waals surface area contributed by atoms with Gasteiger partial charge < -0.3 is 19.5 Å². The lowest BCUT2D eigenvalue weighted by atomic mass is 10.0. The summed E-state index contributed by atoms with van der Waals surface area (Å²) in [5.41, 5.74) is 1.12. The first-order valence-electron chi connectivity index (χ1n) is 8.03. The Kier molecular flexibility index (Phi) is 4.04. The fourth-order valence-corrected chi connectivity index (χ4v) is 3.90. The van der Waals surface area contributed by atoms with Crippen LogP contribution in [0.5, 0.6) is 11.5 Å². The number of carboxylic acid groups (broad SMARTS) is 1. The molecule has 0 bridgehead atoms. The molecule has 1 N–H and O–H groups in total. The van der Waals surface area contributed by atoms with E-state index in [1.54, 1.807) is 5.38 Å². The van der Waals surface area contributed by atoms with Crippen molar-refractivity contribution in [3.8, 4) is 22.1 Å². The number of carbonyl (C=O) groups is 2. The summed E-state index contributed by atoms with van der Waals surface area (Å²) < 4.78 is 10.7. The van der Waals surface area contributed by atoms with E-state index in [1.807, 2.05) is 18.2 Å². The number of aliphatic carboxylic acids is 1. The van der Waals surface area contributed by atoms with Gasteiger partial charge >= 0.3 is 5.97 Å². The van der Waals surface area contributed by atoms with Crippen molar-refractivity contribution in [2.75, 3.05) is 13.3 Å². The number of hydrogen-bond donors (Lipinski definition) is 1. The molecule has 2 aromatic rings. The SMILES string of the molecule is O=C(O)[C@H]1CCCCN1C(=O)c1csc(-c2ccc3c(c2)OCO3)n1. The van der Waals surface area contributed by atoms with E-state index in [4.69, 9.17) is 9.47 Å². The second-order valence-electron chi connectivity index (χ2n) is 5.95. The van der Waals surface area contributed by atoms with Crippen LogP contribution in [0.1, 0.15) is 29.8 Å². The lowest BCUT2D eigenvalue weighted by Crippen LogP contribution is -2.48. The Morgan fingerprint density at radius 1 is 1.24 bits per heavy atom. The van der Waals surface area contributed by atoms with Gasteiger partial charge in [0.05, 0.1) is 0 Å². The zero-order valence-corrected chi connectivity index (χ0v) is 14.1. The quantitative estimate of drug-likeness (QED) is 0.905. The van der Waals surface area contributed by atoms with Crippen molar-refractivity contribution >= 4 is 23.2 Å². The number of likely N-dealkylation sites (tertiary alicyclic amines) is 1. The average molecular weight is 360 g/mol. The van der Waals surface area contributed by atoms with Crippen LogP contribution in [0.15, 0.2) is 23.6 Å². The first-order chi connectivity index (χ1) is 12.1. The molecule has 0 saturated carbocycles. The highest BCUT2D eigenvalue weighted by Gasteiger charge is 2.33. The van der Waals surface area contributed by atoms with Crippen LogP contribution in [-0.4, -0.2) is 46.2 Å². The van der Waals surface area contributed by atoms with Crippen LogP contribution in [0, 0.1) is 0 Å². The predicted molar refractivity (Wildman–Crippen MR) is 90.0 cm³/mol. The Hall–Kier alpha value is -2.61. The van der Waals surface area contributed by atoms with Gasteiger partial charge in [0.2, 0.25) is 6.79 Å². The van der Waals surface area contributed by atoms with E-state index >= 15 is 0 Å². The van der Waals surface area contributed by atoms with Crippen molar-refractivity contribution < 1.29 is 24.2 Å². The van der Waals surface area contributed by atoms with E-state index in [0.717, 1.165) is 18.4 Å². The smallest absolute Gasteiger partial charge is 0.326 e. The van der Waals surface area contributed by atoms with Gasteiger partial charge in [-0.25, -0.2) is 9.78 Å². The monoisotopic (exact) mass is 360 g/mol. The maximum absolute atomic E-state index is 12.7. The maximum Gasteiger partial charge on any atom is 0.326 e. The van der Waals surface area contributed by atoms with Crippen LogP contribution in [0.25, 0.3) is 10.6 Å². The Balaban J connectivity index is 1.58. The van der Waals surface area contributed by atoms with E-state index in [0.29, 0.717) is 29.5 Å². The highest BCUT2D eigenvalue weighted by Crippen LogP contribution is 2.36. The number of rotatable bonds is 3. The highest BCUT2D eigenvalue weighted by molar-refractivity contribution is 7.13. The van der Waals surface area contributed by atoms with E-state index in [2.05, 4.69) is 4.98 Å². The number of hydrogen-bond acceptors (Lipinski definition) is 6. The minimum absolute atomic E-state index is 0.200. The molecule has 1 amide bonds. The summed E-state index contributed by atoms with van der Waals surface area (Å²) in [5.74, 6) is 0.0615. The second kappa shape index (κ2) is 6.36. The number of nitrogens with zero attached hydrogens (tertiary/aromatic N) is 2. The van der Waals surface area contributed by atoms with Crippen LogP contribution in [0.3, 0.4) is 0 Å². The number of ether oxygens (including phenoxy) is 2. The zero-order valence-electron chi connectivity index (χ0n) is 13.3. The van der Waals surface area contributed by atoms with E-state index in [1.165, 1.54) is 16.2 Å².